The number of benzene rings is 1. The zero-order chi connectivity index (χ0) is 15.4. The van der Waals surface area contributed by atoms with Crippen molar-refractivity contribution < 1.29 is 9.53 Å². The van der Waals surface area contributed by atoms with Gasteiger partial charge in [0.25, 0.3) is 0 Å². The van der Waals surface area contributed by atoms with E-state index in [4.69, 9.17) is 4.74 Å². The maximum atomic E-state index is 12.8. The lowest BCUT2D eigenvalue weighted by Crippen LogP contribution is -2.11. The summed E-state index contributed by atoms with van der Waals surface area (Å²) in [6, 6.07) is 6.98. The van der Waals surface area contributed by atoms with Crippen LogP contribution in [0.2, 0.25) is 0 Å². The van der Waals surface area contributed by atoms with Crippen LogP contribution in [-0.2, 0) is 0 Å². The van der Waals surface area contributed by atoms with Crippen molar-refractivity contribution in [2.24, 2.45) is 0 Å². The fraction of sp³-hybridized carbons (Fsp3) is 0.0588. The molecule has 0 unspecified atom stereocenters. The summed E-state index contributed by atoms with van der Waals surface area (Å²) in [7, 11) is 1.59. The predicted octanol–water partition coefficient (Wildman–Crippen LogP) is 2.42. The van der Waals surface area contributed by atoms with Crippen LogP contribution in [0, 0.1) is 31.6 Å². The maximum Gasteiger partial charge on any atom is 0.211 e. The largest absolute Gasteiger partial charge is 0.497 e. The molecule has 0 aliphatic heterocycles. The van der Waals surface area contributed by atoms with Gasteiger partial charge < -0.3 is 4.74 Å². The lowest BCUT2D eigenvalue weighted by Gasteiger charge is -2.09. The summed E-state index contributed by atoms with van der Waals surface area (Å²) in [6.45, 7) is 0. The number of hydrogen-bond acceptors (Lipinski definition) is 4. The van der Waals surface area contributed by atoms with Crippen molar-refractivity contribution in [3.05, 3.63) is 80.2 Å². The van der Waals surface area contributed by atoms with Gasteiger partial charge in [-0.25, -0.2) is 9.67 Å². The first kappa shape index (κ1) is 14.5. The summed E-state index contributed by atoms with van der Waals surface area (Å²) in [4.78, 5) is 16.7. The van der Waals surface area contributed by atoms with Crippen LogP contribution in [0.5, 0.6) is 5.75 Å². The molecule has 0 amide bonds. The Morgan fingerprint density at radius 3 is 2.50 bits per heavy atom. The van der Waals surface area contributed by atoms with Gasteiger partial charge in [-0.15, -0.1) is 0 Å². The fourth-order valence-corrected chi connectivity index (χ4v) is 2.10. The molecule has 0 bridgehead atoms. The summed E-state index contributed by atoms with van der Waals surface area (Å²) in [6.07, 6.45) is 12.4. The highest BCUT2D eigenvalue weighted by Gasteiger charge is 2.21. The maximum absolute atomic E-state index is 12.8. The molecule has 5 heteroatoms. The number of ketones is 1. The first-order chi connectivity index (χ1) is 10.8. The van der Waals surface area contributed by atoms with Gasteiger partial charge in [-0.3, -0.25) is 4.79 Å². The summed E-state index contributed by atoms with van der Waals surface area (Å²) in [5.41, 5.74) is 1.00. The molecule has 0 spiro atoms. The van der Waals surface area contributed by atoms with Crippen molar-refractivity contribution in [3.8, 4) is 5.75 Å². The highest BCUT2D eigenvalue weighted by atomic mass is 16.5. The molecule has 2 aromatic rings. The SMILES string of the molecule is COc1ccc(C(=O)/C(=C/[C]2[CH][CH][CH][CH]2)n2cncn2)cc1. The van der Waals surface area contributed by atoms with Gasteiger partial charge in [-0.05, 0) is 56.0 Å². The zero-order valence-electron chi connectivity index (χ0n) is 12.0. The van der Waals surface area contributed by atoms with E-state index in [-0.39, 0.29) is 5.78 Å². The van der Waals surface area contributed by atoms with Crippen molar-refractivity contribution in [1.82, 2.24) is 14.8 Å². The molecule has 1 aliphatic rings. The van der Waals surface area contributed by atoms with Crippen molar-refractivity contribution in [2.75, 3.05) is 7.11 Å². The lowest BCUT2D eigenvalue weighted by atomic mass is 10.0. The zero-order valence-corrected chi connectivity index (χ0v) is 12.0. The molecule has 1 heterocycles. The fourth-order valence-electron chi connectivity index (χ4n) is 2.10. The quantitative estimate of drug-likeness (QED) is 0.627. The van der Waals surface area contributed by atoms with E-state index in [1.54, 1.807) is 37.5 Å². The third-order valence-electron chi connectivity index (χ3n) is 3.24. The molecule has 1 aliphatic carbocycles. The van der Waals surface area contributed by atoms with Gasteiger partial charge in [0.05, 0.1) is 7.11 Å². The van der Waals surface area contributed by atoms with Gasteiger partial charge in [0.2, 0.25) is 5.78 Å². The van der Waals surface area contributed by atoms with Crippen LogP contribution < -0.4 is 4.74 Å². The molecule has 22 heavy (non-hydrogen) atoms. The number of Topliss-reactive ketones (excluding diaryl/α,β-unsaturated/α-hetero) is 1. The standard InChI is InChI=1S/C17H14N3O2/c1-22-15-8-6-14(7-9-15)17(21)16(20-12-18-11-19-20)10-13-4-2-3-5-13/h2-12H,1H3/b16-10-. The molecule has 5 radical (unpaired) electrons. The van der Waals surface area contributed by atoms with Crippen molar-refractivity contribution in [2.45, 2.75) is 0 Å². The second kappa shape index (κ2) is 6.56. The number of rotatable bonds is 5. The minimum absolute atomic E-state index is 0.130. The average molecular weight is 292 g/mol. The molecular formula is C17H14N3O2. The summed E-state index contributed by atoms with van der Waals surface area (Å²) in [5, 5.41) is 4.07. The highest BCUT2D eigenvalue weighted by molar-refractivity contribution is 6.24. The molecule has 109 valence electrons. The van der Waals surface area contributed by atoms with Crippen molar-refractivity contribution in [1.29, 1.82) is 0 Å². The molecule has 3 rings (SSSR count). The number of nitrogens with zero attached hydrogens (tertiary/aromatic N) is 3. The number of carbonyl (C=O) groups is 1. The smallest absolute Gasteiger partial charge is 0.211 e. The molecule has 0 N–H and O–H groups in total. The van der Waals surface area contributed by atoms with Gasteiger partial charge >= 0.3 is 0 Å². The Bertz CT molecular complexity index is 654. The average Bonchev–Trinajstić information content (AvgIpc) is 3.25. The highest BCUT2D eigenvalue weighted by Crippen LogP contribution is 2.27. The minimum Gasteiger partial charge on any atom is -0.497 e. The van der Waals surface area contributed by atoms with Gasteiger partial charge in [-0.1, -0.05) is 0 Å². The van der Waals surface area contributed by atoms with E-state index >= 15 is 0 Å². The number of ether oxygens (including phenoxy) is 1. The van der Waals surface area contributed by atoms with Crippen molar-refractivity contribution >= 4 is 11.5 Å². The summed E-state index contributed by atoms with van der Waals surface area (Å²) in [5.74, 6) is 1.51. The third-order valence-corrected chi connectivity index (χ3v) is 3.24. The lowest BCUT2D eigenvalue weighted by molar-refractivity contribution is 0.105. The Labute approximate surface area is 129 Å². The molecule has 0 saturated heterocycles. The third kappa shape index (κ3) is 3.08. The Balaban J connectivity index is 1.92. The molecule has 1 saturated carbocycles. The summed E-state index contributed by atoms with van der Waals surface area (Å²) < 4.78 is 6.59. The molecule has 0 atom stereocenters. The van der Waals surface area contributed by atoms with E-state index in [1.165, 1.54) is 17.3 Å². The van der Waals surface area contributed by atoms with E-state index in [9.17, 15) is 4.79 Å². The van der Waals surface area contributed by atoms with E-state index < -0.39 is 0 Å². The number of hydrogen-bond donors (Lipinski definition) is 0. The normalized spacial score (nSPS) is 16.0. The second-order valence-electron chi connectivity index (χ2n) is 4.65. The van der Waals surface area contributed by atoms with E-state index in [0.29, 0.717) is 17.0 Å². The first-order valence-electron chi connectivity index (χ1n) is 6.75. The minimum atomic E-state index is -0.130. The number of methoxy groups -OCH3 is 1. The van der Waals surface area contributed by atoms with Crippen LogP contribution in [0.3, 0.4) is 0 Å². The van der Waals surface area contributed by atoms with E-state index in [0.717, 1.165) is 5.92 Å². The van der Waals surface area contributed by atoms with Crippen LogP contribution in [0.1, 0.15) is 10.4 Å². The van der Waals surface area contributed by atoms with Crippen LogP contribution in [0.4, 0.5) is 0 Å². The monoisotopic (exact) mass is 292 g/mol. The van der Waals surface area contributed by atoms with Gasteiger partial charge in [-0.2, -0.15) is 5.10 Å². The number of aromatic nitrogens is 3. The topological polar surface area (TPSA) is 57.0 Å². The van der Waals surface area contributed by atoms with Crippen molar-refractivity contribution in [3.63, 3.8) is 0 Å². The van der Waals surface area contributed by atoms with Gasteiger partial charge in [0.15, 0.2) is 0 Å². The van der Waals surface area contributed by atoms with Gasteiger partial charge in [0, 0.05) is 11.5 Å². The van der Waals surface area contributed by atoms with E-state index in [2.05, 4.69) is 10.1 Å². The summed E-state index contributed by atoms with van der Waals surface area (Å²) >= 11 is 0. The molecule has 1 aromatic heterocycles. The molecular weight excluding hydrogens is 278 g/mol. The Morgan fingerprint density at radius 1 is 1.18 bits per heavy atom. The second-order valence-corrected chi connectivity index (χ2v) is 4.65. The van der Waals surface area contributed by atoms with Crippen LogP contribution in [0.25, 0.3) is 5.70 Å². The number of carbonyl (C=O) groups excluding carboxylic acids is 1. The predicted molar refractivity (Wildman–Crippen MR) is 82.1 cm³/mol. The van der Waals surface area contributed by atoms with E-state index in [1.807, 2.05) is 25.7 Å². The first-order valence-corrected chi connectivity index (χ1v) is 6.75. The Morgan fingerprint density at radius 2 is 1.91 bits per heavy atom. The van der Waals surface area contributed by atoms with Crippen LogP contribution >= 0.6 is 0 Å². The van der Waals surface area contributed by atoms with Crippen LogP contribution in [0.15, 0.2) is 43.0 Å². The molecule has 1 aromatic carbocycles. The van der Waals surface area contributed by atoms with Crippen LogP contribution in [-0.4, -0.2) is 27.7 Å². The Hall–Kier alpha value is -2.43. The Kier molecular flexibility index (Phi) is 4.32. The number of allylic oxidation sites excluding steroid dienone is 2. The molecule has 1 fully saturated rings. The van der Waals surface area contributed by atoms with Gasteiger partial charge in [0.1, 0.15) is 24.1 Å². The molecule has 5 nitrogen and oxygen atoms in total.